The molecule has 4 rings (SSSR count). The van der Waals surface area contributed by atoms with Gasteiger partial charge in [0, 0.05) is 45.5 Å². The maximum absolute atomic E-state index is 13.1. The van der Waals surface area contributed by atoms with Crippen molar-refractivity contribution in [2.75, 3.05) is 38.0 Å². The number of benzene rings is 1. The lowest BCUT2D eigenvalue weighted by Gasteiger charge is -2.30. The summed E-state index contributed by atoms with van der Waals surface area (Å²) in [5.74, 6) is 0.311. The molecule has 1 unspecified atom stereocenters. The van der Waals surface area contributed by atoms with Gasteiger partial charge in [0.2, 0.25) is 10.0 Å². The molecule has 2 N–H and O–H groups in total. The SMILES string of the molecule is O=S(=O)(c1cccnc1NCC(O)CN1CCc2ccccc2C1)N1CCCCC1. The van der Waals surface area contributed by atoms with Gasteiger partial charge in [-0.2, -0.15) is 4.31 Å². The van der Waals surface area contributed by atoms with E-state index in [9.17, 15) is 13.5 Å². The Kier molecular flexibility index (Phi) is 6.67. The van der Waals surface area contributed by atoms with Crippen LogP contribution in [0.4, 0.5) is 5.82 Å². The maximum atomic E-state index is 13.1. The summed E-state index contributed by atoms with van der Waals surface area (Å²) in [6, 6.07) is 11.6. The number of nitrogens with one attached hydrogen (secondary N) is 1. The van der Waals surface area contributed by atoms with Gasteiger partial charge in [0.1, 0.15) is 10.7 Å². The first-order valence-corrected chi connectivity index (χ1v) is 12.1. The molecule has 30 heavy (non-hydrogen) atoms. The van der Waals surface area contributed by atoms with Gasteiger partial charge in [-0.1, -0.05) is 30.7 Å². The standard InChI is InChI=1S/C22H30N4O3S/c27-20(17-25-14-10-18-7-2-3-8-19(18)16-25)15-24-22-21(9-6-11-23-22)30(28,29)26-12-4-1-5-13-26/h2-3,6-9,11,20,27H,1,4-5,10,12-17H2,(H,23,24). The largest absolute Gasteiger partial charge is 0.390 e. The van der Waals surface area contributed by atoms with E-state index in [2.05, 4.69) is 33.4 Å². The van der Waals surface area contributed by atoms with Crippen LogP contribution in [0.5, 0.6) is 0 Å². The van der Waals surface area contributed by atoms with Crippen molar-refractivity contribution in [1.82, 2.24) is 14.2 Å². The van der Waals surface area contributed by atoms with Gasteiger partial charge in [0.15, 0.2) is 0 Å². The molecule has 8 heteroatoms. The van der Waals surface area contributed by atoms with Crippen LogP contribution in [0.3, 0.4) is 0 Å². The molecule has 1 aromatic heterocycles. The van der Waals surface area contributed by atoms with Gasteiger partial charge in [-0.15, -0.1) is 0 Å². The quantitative estimate of drug-likeness (QED) is 0.700. The normalized spacial score (nSPS) is 19.2. The Hall–Kier alpha value is -2.00. The molecule has 2 aromatic rings. The van der Waals surface area contributed by atoms with Gasteiger partial charge in [-0.3, -0.25) is 4.90 Å². The third-order valence-corrected chi connectivity index (χ3v) is 7.82. The minimum atomic E-state index is -3.58. The summed E-state index contributed by atoms with van der Waals surface area (Å²) in [6.45, 7) is 3.61. The molecule has 3 heterocycles. The highest BCUT2D eigenvalue weighted by atomic mass is 32.2. The Morgan fingerprint density at radius 3 is 2.60 bits per heavy atom. The lowest BCUT2D eigenvalue weighted by molar-refractivity contribution is 0.114. The number of nitrogens with zero attached hydrogens (tertiary/aromatic N) is 3. The van der Waals surface area contributed by atoms with Gasteiger partial charge in [-0.05, 0) is 42.5 Å². The molecule has 7 nitrogen and oxygen atoms in total. The fourth-order valence-corrected chi connectivity index (χ4v) is 5.90. The first-order chi connectivity index (χ1) is 14.5. The monoisotopic (exact) mass is 430 g/mol. The van der Waals surface area contributed by atoms with E-state index in [-0.39, 0.29) is 11.4 Å². The number of pyridine rings is 1. The van der Waals surface area contributed by atoms with Crippen LogP contribution in [0.2, 0.25) is 0 Å². The second-order valence-corrected chi connectivity index (χ2v) is 10.0. The number of anilines is 1. The van der Waals surface area contributed by atoms with Crippen LogP contribution in [0.15, 0.2) is 47.5 Å². The van der Waals surface area contributed by atoms with Crippen LogP contribution >= 0.6 is 0 Å². The molecule has 162 valence electrons. The Labute approximate surface area is 178 Å². The van der Waals surface area contributed by atoms with E-state index in [1.54, 1.807) is 22.6 Å². The van der Waals surface area contributed by atoms with E-state index in [0.29, 0.717) is 25.5 Å². The predicted octanol–water partition coefficient (Wildman–Crippen LogP) is 2.09. The number of rotatable bonds is 7. The molecular weight excluding hydrogens is 400 g/mol. The van der Waals surface area contributed by atoms with Crippen LogP contribution in [-0.4, -0.2) is 66.5 Å². The van der Waals surface area contributed by atoms with E-state index >= 15 is 0 Å². The molecule has 0 saturated carbocycles. The number of aliphatic hydroxyl groups is 1. The lowest BCUT2D eigenvalue weighted by Crippen LogP contribution is -2.39. The lowest BCUT2D eigenvalue weighted by atomic mass is 10.00. The Morgan fingerprint density at radius 2 is 1.80 bits per heavy atom. The molecule has 2 aliphatic rings. The van der Waals surface area contributed by atoms with Crippen LogP contribution in [0.1, 0.15) is 30.4 Å². The second-order valence-electron chi connectivity index (χ2n) is 8.10. The number of aromatic nitrogens is 1. The highest BCUT2D eigenvalue weighted by Gasteiger charge is 2.29. The Balaban J connectivity index is 1.37. The van der Waals surface area contributed by atoms with E-state index in [4.69, 9.17) is 0 Å². The van der Waals surface area contributed by atoms with Gasteiger partial charge >= 0.3 is 0 Å². The molecule has 2 aliphatic heterocycles. The summed E-state index contributed by atoms with van der Waals surface area (Å²) < 4.78 is 27.7. The molecule has 0 amide bonds. The van der Waals surface area contributed by atoms with E-state index < -0.39 is 16.1 Å². The molecule has 1 aromatic carbocycles. The van der Waals surface area contributed by atoms with Crippen molar-refractivity contribution in [2.24, 2.45) is 0 Å². The molecule has 0 aliphatic carbocycles. The average Bonchev–Trinajstić information content (AvgIpc) is 2.78. The van der Waals surface area contributed by atoms with Crippen molar-refractivity contribution < 1.29 is 13.5 Å². The zero-order valence-corrected chi connectivity index (χ0v) is 18.0. The van der Waals surface area contributed by atoms with Crippen LogP contribution in [-0.2, 0) is 23.0 Å². The smallest absolute Gasteiger partial charge is 0.246 e. The van der Waals surface area contributed by atoms with Crippen LogP contribution < -0.4 is 5.32 Å². The van der Waals surface area contributed by atoms with Gasteiger partial charge in [0.25, 0.3) is 0 Å². The molecule has 1 atom stereocenters. The second kappa shape index (κ2) is 9.43. The van der Waals surface area contributed by atoms with Crippen molar-refractivity contribution in [2.45, 2.75) is 43.2 Å². The first kappa shape index (κ1) is 21.2. The minimum absolute atomic E-state index is 0.186. The molecular formula is C22H30N4O3S. The Morgan fingerprint density at radius 1 is 1.03 bits per heavy atom. The van der Waals surface area contributed by atoms with Crippen molar-refractivity contribution >= 4 is 15.8 Å². The van der Waals surface area contributed by atoms with Crippen molar-refractivity contribution in [3.05, 3.63) is 53.7 Å². The number of piperidine rings is 1. The summed E-state index contributed by atoms with van der Waals surface area (Å²) >= 11 is 0. The number of fused-ring (bicyclic) bond motifs is 1. The molecule has 0 spiro atoms. The molecule has 1 fully saturated rings. The summed E-state index contributed by atoms with van der Waals surface area (Å²) in [7, 11) is -3.58. The molecule has 0 radical (unpaired) electrons. The zero-order valence-electron chi connectivity index (χ0n) is 17.2. The zero-order chi connectivity index (χ0) is 21.0. The van der Waals surface area contributed by atoms with Gasteiger partial charge in [-0.25, -0.2) is 13.4 Å². The minimum Gasteiger partial charge on any atom is -0.390 e. The fraction of sp³-hybridized carbons (Fsp3) is 0.500. The number of hydrogen-bond acceptors (Lipinski definition) is 6. The highest BCUT2D eigenvalue weighted by Crippen LogP contribution is 2.25. The van der Waals surface area contributed by atoms with E-state index in [1.165, 1.54) is 11.1 Å². The maximum Gasteiger partial charge on any atom is 0.246 e. The number of β-amino-alcohol motifs (C(OH)–C–C–N with tert-alkyl or cyclic N) is 1. The summed E-state index contributed by atoms with van der Waals surface area (Å²) in [5, 5.41) is 13.6. The van der Waals surface area contributed by atoms with E-state index in [1.807, 2.05) is 6.07 Å². The number of hydrogen-bond donors (Lipinski definition) is 2. The van der Waals surface area contributed by atoms with Crippen molar-refractivity contribution in [3.8, 4) is 0 Å². The molecule has 1 saturated heterocycles. The summed E-state index contributed by atoms with van der Waals surface area (Å²) in [4.78, 5) is 6.67. The topological polar surface area (TPSA) is 85.8 Å². The van der Waals surface area contributed by atoms with Crippen LogP contribution in [0, 0.1) is 0 Å². The predicted molar refractivity (Wildman–Crippen MR) is 117 cm³/mol. The number of sulfonamides is 1. The average molecular weight is 431 g/mol. The van der Waals surface area contributed by atoms with Gasteiger partial charge in [0.05, 0.1) is 6.10 Å². The van der Waals surface area contributed by atoms with Crippen LogP contribution in [0.25, 0.3) is 0 Å². The van der Waals surface area contributed by atoms with Crippen molar-refractivity contribution in [3.63, 3.8) is 0 Å². The number of aliphatic hydroxyl groups excluding tert-OH is 1. The third-order valence-electron chi connectivity index (χ3n) is 5.89. The summed E-state index contributed by atoms with van der Waals surface area (Å²) in [6.07, 6.45) is 4.78. The Bertz CT molecular complexity index is 960. The third kappa shape index (κ3) is 4.83. The fourth-order valence-electron chi connectivity index (χ4n) is 4.26. The first-order valence-electron chi connectivity index (χ1n) is 10.7. The van der Waals surface area contributed by atoms with E-state index in [0.717, 1.165) is 38.8 Å². The highest BCUT2D eigenvalue weighted by molar-refractivity contribution is 7.89. The molecule has 0 bridgehead atoms. The van der Waals surface area contributed by atoms with Gasteiger partial charge < -0.3 is 10.4 Å². The summed E-state index contributed by atoms with van der Waals surface area (Å²) in [5.41, 5.74) is 2.69. The van der Waals surface area contributed by atoms with Crippen molar-refractivity contribution in [1.29, 1.82) is 0 Å².